The maximum absolute atomic E-state index is 11.5. The van der Waals surface area contributed by atoms with E-state index in [1.807, 2.05) is 6.92 Å². The molecule has 1 heterocycles. The largest absolute Gasteiger partial charge is 0.394 e. The third-order valence-corrected chi connectivity index (χ3v) is 1.99. The smallest absolute Gasteiger partial charge is 0.271 e. The molecule has 0 aliphatic carbocycles. The summed E-state index contributed by atoms with van der Waals surface area (Å²) in [7, 11) is 1.80. The highest BCUT2D eigenvalue weighted by molar-refractivity contribution is 5.92. The summed E-state index contributed by atoms with van der Waals surface area (Å²) in [6, 6.07) is -0.190. The van der Waals surface area contributed by atoms with E-state index in [1.165, 1.54) is 0 Å². The van der Waals surface area contributed by atoms with Gasteiger partial charge in [-0.3, -0.25) is 4.79 Å². The molecule has 1 aromatic heterocycles. The van der Waals surface area contributed by atoms with Gasteiger partial charge < -0.3 is 15.0 Å². The quantitative estimate of drug-likeness (QED) is 0.709. The Morgan fingerprint density at radius 3 is 2.93 bits per heavy atom. The van der Waals surface area contributed by atoms with E-state index < -0.39 is 0 Å². The molecule has 5 nitrogen and oxygen atoms in total. The first kappa shape index (κ1) is 10.7. The number of nitrogens with zero attached hydrogens (tertiary/aromatic N) is 2. The van der Waals surface area contributed by atoms with Crippen LogP contribution in [0.1, 0.15) is 23.8 Å². The molecule has 0 fully saturated rings. The second kappa shape index (κ2) is 4.76. The summed E-state index contributed by atoms with van der Waals surface area (Å²) in [6.45, 7) is 1.86. The molecule has 0 aromatic carbocycles. The van der Waals surface area contributed by atoms with Gasteiger partial charge in [-0.1, -0.05) is 6.92 Å². The van der Waals surface area contributed by atoms with Crippen molar-refractivity contribution in [3.63, 3.8) is 0 Å². The molecule has 0 radical (unpaired) electrons. The minimum Gasteiger partial charge on any atom is -0.394 e. The second-order valence-electron chi connectivity index (χ2n) is 3.19. The lowest BCUT2D eigenvalue weighted by atomic mass is 10.2. The third kappa shape index (κ3) is 2.56. The maximum atomic E-state index is 11.5. The van der Waals surface area contributed by atoms with Gasteiger partial charge in [-0.25, -0.2) is 4.98 Å². The molecule has 0 saturated carbocycles. The van der Waals surface area contributed by atoms with Crippen molar-refractivity contribution in [3.05, 3.63) is 18.2 Å². The number of hydrogen-bond acceptors (Lipinski definition) is 3. The Labute approximate surface area is 82.8 Å². The van der Waals surface area contributed by atoms with Crippen LogP contribution in [0.25, 0.3) is 0 Å². The second-order valence-corrected chi connectivity index (χ2v) is 3.19. The molecule has 0 bridgehead atoms. The number of aryl methyl sites for hydroxylation is 1. The first-order chi connectivity index (χ1) is 6.67. The molecule has 1 rings (SSSR count). The van der Waals surface area contributed by atoms with Crippen LogP contribution in [0.15, 0.2) is 12.5 Å². The summed E-state index contributed by atoms with van der Waals surface area (Å²) >= 11 is 0. The summed E-state index contributed by atoms with van der Waals surface area (Å²) in [4.78, 5) is 15.4. The van der Waals surface area contributed by atoms with Crippen molar-refractivity contribution in [2.45, 2.75) is 19.4 Å². The lowest BCUT2D eigenvalue weighted by molar-refractivity contribution is 0.0910. The zero-order chi connectivity index (χ0) is 10.6. The van der Waals surface area contributed by atoms with Gasteiger partial charge in [0.2, 0.25) is 0 Å². The van der Waals surface area contributed by atoms with Gasteiger partial charge in [0.1, 0.15) is 5.69 Å². The van der Waals surface area contributed by atoms with E-state index in [0.29, 0.717) is 12.1 Å². The van der Waals surface area contributed by atoms with Crippen LogP contribution in [0, 0.1) is 0 Å². The number of amides is 1. The Morgan fingerprint density at radius 1 is 1.79 bits per heavy atom. The summed E-state index contributed by atoms with van der Waals surface area (Å²) in [5.74, 6) is -0.244. The highest BCUT2D eigenvalue weighted by Gasteiger charge is 2.12. The van der Waals surface area contributed by atoms with Crippen molar-refractivity contribution >= 4 is 5.91 Å². The van der Waals surface area contributed by atoms with E-state index in [1.54, 1.807) is 24.1 Å². The number of aromatic nitrogens is 2. The number of aliphatic hydroxyl groups is 1. The lowest BCUT2D eigenvalue weighted by Gasteiger charge is -2.12. The van der Waals surface area contributed by atoms with E-state index in [0.717, 1.165) is 0 Å². The summed E-state index contributed by atoms with van der Waals surface area (Å²) in [5, 5.41) is 11.6. The maximum Gasteiger partial charge on any atom is 0.271 e. The molecule has 1 atom stereocenters. The van der Waals surface area contributed by atoms with E-state index in [4.69, 9.17) is 5.11 Å². The van der Waals surface area contributed by atoms with E-state index >= 15 is 0 Å². The third-order valence-electron chi connectivity index (χ3n) is 1.99. The molecule has 0 aliphatic rings. The fourth-order valence-electron chi connectivity index (χ4n) is 1.07. The van der Waals surface area contributed by atoms with Crippen molar-refractivity contribution in [2.75, 3.05) is 6.61 Å². The van der Waals surface area contributed by atoms with Gasteiger partial charge in [0.15, 0.2) is 0 Å². The van der Waals surface area contributed by atoms with Crippen molar-refractivity contribution in [2.24, 2.45) is 7.05 Å². The van der Waals surface area contributed by atoms with Crippen molar-refractivity contribution in [1.29, 1.82) is 0 Å². The molecule has 1 aromatic rings. The molecule has 2 N–H and O–H groups in total. The highest BCUT2D eigenvalue weighted by Crippen LogP contribution is 1.96. The van der Waals surface area contributed by atoms with Gasteiger partial charge >= 0.3 is 0 Å². The van der Waals surface area contributed by atoms with Crippen LogP contribution < -0.4 is 5.32 Å². The molecule has 0 spiro atoms. The molecule has 0 aliphatic heterocycles. The first-order valence-corrected chi connectivity index (χ1v) is 4.57. The summed E-state index contributed by atoms with van der Waals surface area (Å²) < 4.78 is 1.70. The number of nitrogens with one attached hydrogen (secondary N) is 1. The van der Waals surface area contributed by atoms with Crippen molar-refractivity contribution < 1.29 is 9.90 Å². The zero-order valence-corrected chi connectivity index (χ0v) is 8.40. The van der Waals surface area contributed by atoms with Gasteiger partial charge in [-0.2, -0.15) is 0 Å². The molecule has 0 unspecified atom stereocenters. The fraction of sp³-hybridized carbons (Fsp3) is 0.556. The monoisotopic (exact) mass is 197 g/mol. The van der Waals surface area contributed by atoms with Crippen LogP contribution in [0.4, 0.5) is 0 Å². The molecule has 5 heteroatoms. The van der Waals surface area contributed by atoms with Crippen LogP contribution in [0.2, 0.25) is 0 Å². The molecular formula is C9H15N3O2. The van der Waals surface area contributed by atoms with Gasteiger partial charge in [0.05, 0.1) is 19.0 Å². The standard InChI is InChI=1S/C9H15N3O2/c1-3-7(5-13)11-9(14)8-4-12(2)6-10-8/h4,6-7,13H,3,5H2,1-2H3,(H,11,14)/t7-/m1/s1. The van der Waals surface area contributed by atoms with Gasteiger partial charge in [0, 0.05) is 13.2 Å². The molecule has 78 valence electrons. The average molecular weight is 197 g/mol. The Morgan fingerprint density at radius 2 is 2.50 bits per heavy atom. The van der Waals surface area contributed by atoms with Crippen LogP contribution in [-0.4, -0.2) is 33.2 Å². The highest BCUT2D eigenvalue weighted by atomic mass is 16.3. The minimum atomic E-state index is -0.244. The number of carbonyl (C=O) groups is 1. The van der Waals surface area contributed by atoms with E-state index in [9.17, 15) is 4.79 Å². The molecular weight excluding hydrogens is 182 g/mol. The SMILES string of the molecule is CC[C@H](CO)NC(=O)c1cn(C)cn1. The summed E-state index contributed by atoms with van der Waals surface area (Å²) in [6.07, 6.45) is 3.91. The van der Waals surface area contributed by atoms with Crippen molar-refractivity contribution in [3.8, 4) is 0 Å². The molecule has 1 amide bonds. The fourth-order valence-corrected chi connectivity index (χ4v) is 1.07. The predicted molar refractivity (Wildman–Crippen MR) is 51.8 cm³/mol. The van der Waals surface area contributed by atoms with Crippen LogP contribution in [-0.2, 0) is 7.05 Å². The van der Waals surface area contributed by atoms with Gasteiger partial charge in [-0.05, 0) is 6.42 Å². The Kier molecular flexibility index (Phi) is 3.64. The van der Waals surface area contributed by atoms with Crippen LogP contribution in [0.5, 0.6) is 0 Å². The zero-order valence-electron chi connectivity index (χ0n) is 8.40. The van der Waals surface area contributed by atoms with Crippen LogP contribution >= 0.6 is 0 Å². The number of rotatable bonds is 4. The Bertz CT molecular complexity index is 305. The van der Waals surface area contributed by atoms with Crippen LogP contribution in [0.3, 0.4) is 0 Å². The lowest BCUT2D eigenvalue weighted by Crippen LogP contribution is -2.37. The average Bonchev–Trinajstić information content (AvgIpc) is 2.61. The van der Waals surface area contributed by atoms with Crippen molar-refractivity contribution in [1.82, 2.24) is 14.9 Å². The summed E-state index contributed by atoms with van der Waals surface area (Å²) in [5.41, 5.74) is 0.374. The topological polar surface area (TPSA) is 67.2 Å². The molecule has 14 heavy (non-hydrogen) atoms. The number of imidazole rings is 1. The Balaban J connectivity index is 2.58. The van der Waals surface area contributed by atoms with E-state index in [2.05, 4.69) is 10.3 Å². The van der Waals surface area contributed by atoms with E-state index in [-0.39, 0.29) is 18.6 Å². The normalized spacial score (nSPS) is 12.5. The Hall–Kier alpha value is -1.36. The molecule has 0 saturated heterocycles. The van der Waals surface area contributed by atoms with Gasteiger partial charge in [0.25, 0.3) is 5.91 Å². The predicted octanol–water partition coefficient (Wildman–Crippen LogP) is -0.0792. The number of aliphatic hydroxyl groups excluding tert-OH is 1. The number of hydrogen-bond donors (Lipinski definition) is 2. The minimum absolute atomic E-state index is 0.0466. The van der Waals surface area contributed by atoms with Gasteiger partial charge in [-0.15, -0.1) is 0 Å². The first-order valence-electron chi connectivity index (χ1n) is 4.57. The number of carbonyl (C=O) groups excluding carboxylic acids is 1.